The molecule has 0 saturated heterocycles. The number of hydrogen-bond acceptors (Lipinski definition) is 3. The maximum atomic E-state index is 10.5. The second-order valence-electron chi connectivity index (χ2n) is 3.56. The number of aliphatic carboxylic acids is 1. The van der Waals surface area contributed by atoms with E-state index in [4.69, 9.17) is 9.84 Å². The second-order valence-corrected chi connectivity index (χ2v) is 3.56. The Morgan fingerprint density at radius 3 is 2.44 bits per heavy atom. The normalized spacial score (nSPS) is 11.9. The third-order valence-corrected chi connectivity index (χ3v) is 1.91. The van der Waals surface area contributed by atoms with Crippen LogP contribution in [0.15, 0.2) is 36.4 Å². The van der Waals surface area contributed by atoms with Gasteiger partial charge in [0.1, 0.15) is 12.4 Å². The van der Waals surface area contributed by atoms with E-state index in [2.05, 4.69) is 6.58 Å². The predicted octanol–water partition coefficient (Wildman–Crippen LogP) is 1.76. The van der Waals surface area contributed by atoms with E-state index in [-0.39, 0.29) is 0 Å². The molecule has 0 aromatic heterocycles. The summed E-state index contributed by atoms with van der Waals surface area (Å²) in [5.41, 5.74) is 1.23. The standard InChI is InChI=1S/C12H14O4/c1-8(2)7-16-10-5-3-9(4-6-10)11(13)12(14)15/h3-6,11,13H,1,7H2,2H3,(H,14,15). The molecule has 0 fully saturated rings. The summed E-state index contributed by atoms with van der Waals surface area (Å²) >= 11 is 0. The lowest BCUT2D eigenvalue weighted by atomic mass is 10.1. The van der Waals surface area contributed by atoms with E-state index < -0.39 is 12.1 Å². The van der Waals surface area contributed by atoms with Gasteiger partial charge in [0.2, 0.25) is 0 Å². The Hall–Kier alpha value is -1.81. The molecule has 1 rings (SSSR count). The minimum Gasteiger partial charge on any atom is -0.489 e. The number of carbonyl (C=O) groups is 1. The molecular formula is C12H14O4. The van der Waals surface area contributed by atoms with Crippen LogP contribution in [-0.4, -0.2) is 22.8 Å². The van der Waals surface area contributed by atoms with Crippen molar-refractivity contribution < 1.29 is 19.7 Å². The maximum Gasteiger partial charge on any atom is 0.337 e. The van der Waals surface area contributed by atoms with E-state index in [1.807, 2.05) is 6.92 Å². The highest BCUT2D eigenvalue weighted by Crippen LogP contribution is 2.18. The van der Waals surface area contributed by atoms with Crippen LogP contribution in [0.25, 0.3) is 0 Å². The first-order valence-corrected chi connectivity index (χ1v) is 4.78. The fourth-order valence-corrected chi connectivity index (χ4v) is 1.10. The van der Waals surface area contributed by atoms with E-state index in [0.717, 1.165) is 5.57 Å². The summed E-state index contributed by atoms with van der Waals surface area (Å²) in [4.78, 5) is 10.5. The largest absolute Gasteiger partial charge is 0.489 e. The van der Waals surface area contributed by atoms with Gasteiger partial charge in [0.15, 0.2) is 6.10 Å². The van der Waals surface area contributed by atoms with Gasteiger partial charge in [-0.3, -0.25) is 0 Å². The van der Waals surface area contributed by atoms with Crippen molar-refractivity contribution in [2.24, 2.45) is 0 Å². The Labute approximate surface area is 93.8 Å². The van der Waals surface area contributed by atoms with Crippen molar-refractivity contribution in [2.75, 3.05) is 6.61 Å². The van der Waals surface area contributed by atoms with E-state index in [0.29, 0.717) is 17.9 Å². The van der Waals surface area contributed by atoms with Crippen molar-refractivity contribution in [3.63, 3.8) is 0 Å². The fraction of sp³-hybridized carbons (Fsp3) is 0.250. The minimum absolute atomic E-state index is 0.329. The Morgan fingerprint density at radius 1 is 1.44 bits per heavy atom. The molecule has 0 aliphatic carbocycles. The molecule has 4 nitrogen and oxygen atoms in total. The number of ether oxygens (including phenoxy) is 1. The Bertz CT molecular complexity index is 381. The first-order valence-electron chi connectivity index (χ1n) is 4.78. The fourth-order valence-electron chi connectivity index (χ4n) is 1.10. The summed E-state index contributed by atoms with van der Waals surface area (Å²) in [6.07, 6.45) is -1.49. The number of aliphatic hydroxyl groups is 1. The lowest BCUT2D eigenvalue weighted by molar-refractivity contribution is -0.146. The topological polar surface area (TPSA) is 66.8 Å². The van der Waals surface area contributed by atoms with E-state index >= 15 is 0 Å². The third-order valence-electron chi connectivity index (χ3n) is 1.91. The molecule has 0 saturated carbocycles. The van der Waals surface area contributed by atoms with E-state index in [9.17, 15) is 9.90 Å². The van der Waals surface area contributed by atoms with Crippen molar-refractivity contribution >= 4 is 5.97 Å². The quantitative estimate of drug-likeness (QED) is 0.745. The van der Waals surface area contributed by atoms with Crippen LogP contribution >= 0.6 is 0 Å². The first-order chi connectivity index (χ1) is 7.50. The zero-order chi connectivity index (χ0) is 12.1. The average Bonchev–Trinajstić information content (AvgIpc) is 2.26. The molecule has 4 heteroatoms. The monoisotopic (exact) mass is 222 g/mol. The summed E-state index contributed by atoms with van der Waals surface area (Å²) in [6, 6.07) is 6.27. The van der Waals surface area contributed by atoms with Gasteiger partial charge in [-0.15, -0.1) is 0 Å². The molecule has 1 atom stereocenters. The van der Waals surface area contributed by atoms with Gasteiger partial charge >= 0.3 is 5.97 Å². The summed E-state index contributed by atoms with van der Waals surface area (Å²) in [6.45, 7) is 5.96. The van der Waals surface area contributed by atoms with Crippen molar-refractivity contribution in [1.29, 1.82) is 0 Å². The van der Waals surface area contributed by atoms with Gasteiger partial charge in [0, 0.05) is 0 Å². The molecule has 0 spiro atoms. The first kappa shape index (κ1) is 12.3. The van der Waals surface area contributed by atoms with Gasteiger partial charge in [-0.1, -0.05) is 18.7 Å². The van der Waals surface area contributed by atoms with Crippen LogP contribution in [0.5, 0.6) is 5.75 Å². The number of benzene rings is 1. The van der Waals surface area contributed by atoms with Gasteiger partial charge in [0.05, 0.1) is 0 Å². The highest BCUT2D eigenvalue weighted by molar-refractivity contribution is 5.74. The third kappa shape index (κ3) is 3.40. The van der Waals surface area contributed by atoms with Crippen LogP contribution in [0.1, 0.15) is 18.6 Å². The van der Waals surface area contributed by atoms with E-state index in [1.54, 1.807) is 12.1 Å². The van der Waals surface area contributed by atoms with Crippen molar-refractivity contribution in [3.05, 3.63) is 42.0 Å². The maximum absolute atomic E-state index is 10.5. The summed E-state index contributed by atoms with van der Waals surface area (Å²) in [5, 5.41) is 17.8. The van der Waals surface area contributed by atoms with Crippen LogP contribution in [0.3, 0.4) is 0 Å². The molecule has 0 aliphatic rings. The number of hydrogen-bond donors (Lipinski definition) is 2. The van der Waals surface area contributed by atoms with Crippen LogP contribution < -0.4 is 4.74 Å². The van der Waals surface area contributed by atoms with Crippen LogP contribution in [0, 0.1) is 0 Å². The molecule has 86 valence electrons. The molecule has 0 bridgehead atoms. The number of rotatable bonds is 5. The smallest absolute Gasteiger partial charge is 0.337 e. The number of aliphatic hydroxyl groups excluding tert-OH is 1. The lowest BCUT2D eigenvalue weighted by Gasteiger charge is -2.08. The van der Waals surface area contributed by atoms with Crippen molar-refractivity contribution in [1.82, 2.24) is 0 Å². The van der Waals surface area contributed by atoms with Gasteiger partial charge < -0.3 is 14.9 Å². The highest BCUT2D eigenvalue weighted by Gasteiger charge is 2.15. The number of carboxylic acids is 1. The predicted molar refractivity (Wildman–Crippen MR) is 59.3 cm³/mol. The molecule has 0 heterocycles. The summed E-state index contributed by atoms with van der Waals surface area (Å²) in [5.74, 6) is -0.653. The van der Waals surface area contributed by atoms with Crippen LogP contribution in [0.2, 0.25) is 0 Å². The Balaban J connectivity index is 2.67. The molecule has 0 aliphatic heterocycles. The molecule has 2 N–H and O–H groups in total. The molecule has 1 aromatic rings. The van der Waals surface area contributed by atoms with Crippen molar-refractivity contribution in [3.8, 4) is 5.75 Å². The van der Waals surface area contributed by atoms with Crippen LogP contribution in [0.4, 0.5) is 0 Å². The Kier molecular flexibility index (Phi) is 4.08. The zero-order valence-electron chi connectivity index (χ0n) is 9.01. The van der Waals surface area contributed by atoms with Gasteiger partial charge in [-0.2, -0.15) is 0 Å². The zero-order valence-corrected chi connectivity index (χ0v) is 9.01. The van der Waals surface area contributed by atoms with Gasteiger partial charge in [0.25, 0.3) is 0 Å². The van der Waals surface area contributed by atoms with Gasteiger partial charge in [-0.05, 0) is 30.2 Å². The van der Waals surface area contributed by atoms with Crippen LogP contribution in [-0.2, 0) is 4.79 Å². The highest BCUT2D eigenvalue weighted by atomic mass is 16.5. The number of carboxylic acid groups (broad SMARTS) is 1. The summed E-state index contributed by atoms with van der Waals surface area (Å²) in [7, 11) is 0. The molecule has 1 aromatic carbocycles. The SMILES string of the molecule is C=C(C)COc1ccc(C(O)C(=O)O)cc1. The molecular weight excluding hydrogens is 208 g/mol. The lowest BCUT2D eigenvalue weighted by Crippen LogP contribution is -2.10. The average molecular weight is 222 g/mol. The van der Waals surface area contributed by atoms with Crippen molar-refractivity contribution in [2.45, 2.75) is 13.0 Å². The molecule has 0 radical (unpaired) electrons. The summed E-state index contributed by atoms with van der Waals surface area (Å²) < 4.78 is 5.33. The molecule has 16 heavy (non-hydrogen) atoms. The van der Waals surface area contributed by atoms with Gasteiger partial charge in [-0.25, -0.2) is 4.79 Å². The molecule has 1 unspecified atom stereocenters. The second kappa shape index (κ2) is 5.32. The minimum atomic E-state index is -1.49. The Morgan fingerprint density at radius 2 is 2.00 bits per heavy atom. The van der Waals surface area contributed by atoms with E-state index in [1.165, 1.54) is 12.1 Å². The molecule has 0 amide bonds.